The number of hydrogen-bond donors (Lipinski definition) is 0. The highest BCUT2D eigenvalue weighted by molar-refractivity contribution is 6.15. The fourth-order valence-electron chi connectivity index (χ4n) is 7.61. The number of aromatic nitrogens is 3. The lowest BCUT2D eigenvalue weighted by Crippen LogP contribution is -1.99. The number of furan rings is 1. The zero-order valence-electron chi connectivity index (χ0n) is 28.9. The van der Waals surface area contributed by atoms with E-state index in [-0.39, 0.29) is 0 Å². The second-order valence-corrected chi connectivity index (χ2v) is 13.5. The Balaban J connectivity index is 1.24. The van der Waals surface area contributed by atoms with Crippen molar-refractivity contribution in [2.24, 2.45) is 0 Å². The van der Waals surface area contributed by atoms with E-state index in [0.717, 1.165) is 95.7 Å². The molecule has 0 saturated carbocycles. The monoisotopic (exact) mass is 679 g/mol. The van der Waals surface area contributed by atoms with Gasteiger partial charge in [-0.05, 0) is 82.5 Å². The third kappa shape index (κ3) is 5.62. The molecule has 0 unspecified atom stereocenters. The topological polar surface area (TPSA) is 51.8 Å². The Morgan fingerprint density at radius 3 is 2.11 bits per heavy atom. The maximum absolute atomic E-state index is 6.71. The molecule has 3 heterocycles. The fraction of sp³-hybridized carbons (Fsp3) is 0.0408. The van der Waals surface area contributed by atoms with E-state index in [0.29, 0.717) is 5.82 Å². The van der Waals surface area contributed by atoms with Crippen molar-refractivity contribution in [3.05, 3.63) is 187 Å². The Morgan fingerprint density at radius 1 is 0.528 bits per heavy atom. The highest BCUT2D eigenvalue weighted by Crippen LogP contribution is 2.42. The summed E-state index contributed by atoms with van der Waals surface area (Å²) in [4.78, 5) is 15.3. The van der Waals surface area contributed by atoms with Crippen LogP contribution in [0.15, 0.2) is 181 Å². The van der Waals surface area contributed by atoms with Crippen LogP contribution in [0.3, 0.4) is 0 Å². The van der Waals surface area contributed by atoms with Gasteiger partial charge in [-0.3, -0.25) is 4.98 Å². The van der Waals surface area contributed by atoms with Crippen molar-refractivity contribution in [3.63, 3.8) is 0 Å². The molecule has 4 nitrogen and oxygen atoms in total. The Bertz CT molecular complexity index is 2940. The van der Waals surface area contributed by atoms with Gasteiger partial charge >= 0.3 is 0 Å². The van der Waals surface area contributed by atoms with Gasteiger partial charge in [-0.15, -0.1) is 0 Å². The maximum atomic E-state index is 6.71. The van der Waals surface area contributed by atoms with Crippen LogP contribution in [0.5, 0.6) is 0 Å². The Hall–Kier alpha value is -6.91. The molecular weight excluding hydrogens is 647 g/mol. The van der Waals surface area contributed by atoms with Gasteiger partial charge in [0.05, 0.1) is 16.9 Å². The molecule has 10 rings (SSSR count). The first kappa shape index (κ1) is 30.9. The molecule has 9 aromatic rings. The smallest absolute Gasteiger partial charge is 0.160 e. The van der Waals surface area contributed by atoms with Gasteiger partial charge in [-0.25, -0.2) is 9.97 Å². The van der Waals surface area contributed by atoms with E-state index in [1.54, 1.807) is 0 Å². The van der Waals surface area contributed by atoms with Gasteiger partial charge in [0.15, 0.2) is 5.82 Å². The van der Waals surface area contributed by atoms with Crippen molar-refractivity contribution < 1.29 is 4.42 Å². The van der Waals surface area contributed by atoms with Gasteiger partial charge in [0.2, 0.25) is 0 Å². The van der Waals surface area contributed by atoms with Crippen LogP contribution in [0.4, 0.5) is 0 Å². The molecule has 0 amide bonds. The lowest BCUT2D eigenvalue weighted by atomic mass is 9.92. The van der Waals surface area contributed by atoms with Gasteiger partial charge in [0, 0.05) is 38.9 Å². The predicted octanol–water partition coefficient (Wildman–Crippen LogP) is 12.9. The SMILES string of the molecule is C1=C/C(c2ccccc2)=C\C=C(\c2cc(-c3cc(-c4cc5cccnc5c5ccccc45)cc4c3oc3ccccc34)nc(-c3ccccc3)n2)CC\1. The molecule has 0 spiro atoms. The number of rotatable bonds is 5. The summed E-state index contributed by atoms with van der Waals surface area (Å²) in [5.74, 6) is 0.681. The highest BCUT2D eigenvalue weighted by Gasteiger charge is 2.20. The molecule has 53 heavy (non-hydrogen) atoms. The van der Waals surface area contributed by atoms with Gasteiger partial charge in [0.1, 0.15) is 11.2 Å². The maximum Gasteiger partial charge on any atom is 0.160 e. The highest BCUT2D eigenvalue weighted by atomic mass is 16.3. The van der Waals surface area contributed by atoms with E-state index in [4.69, 9.17) is 19.4 Å². The minimum Gasteiger partial charge on any atom is -0.455 e. The number of nitrogens with zero attached hydrogens (tertiary/aromatic N) is 3. The quantitative estimate of drug-likeness (QED) is 0.170. The van der Waals surface area contributed by atoms with E-state index in [1.165, 1.54) is 11.1 Å². The van der Waals surface area contributed by atoms with Crippen molar-refractivity contribution in [1.29, 1.82) is 0 Å². The molecule has 3 aromatic heterocycles. The molecule has 0 saturated heterocycles. The molecule has 1 aliphatic carbocycles. The predicted molar refractivity (Wildman–Crippen MR) is 219 cm³/mol. The van der Waals surface area contributed by atoms with Crippen LogP contribution in [0.1, 0.15) is 24.1 Å². The van der Waals surface area contributed by atoms with Gasteiger partial charge in [-0.1, -0.05) is 133 Å². The van der Waals surface area contributed by atoms with Gasteiger partial charge < -0.3 is 4.42 Å². The normalized spacial score (nSPS) is 15.8. The number of fused-ring (bicyclic) bond motifs is 6. The fourth-order valence-corrected chi connectivity index (χ4v) is 7.61. The summed E-state index contributed by atoms with van der Waals surface area (Å²) in [5, 5.41) is 5.50. The first-order valence-electron chi connectivity index (χ1n) is 18.1. The van der Waals surface area contributed by atoms with Crippen LogP contribution in [-0.4, -0.2) is 15.0 Å². The van der Waals surface area contributed by atoms with Crippen LogP contribution < -0.4 is 0 Å². The molecule has 1 aliphatic rings. The average molecular weight is 680 g/mol. The molecule has 0 bridgehead atoms. The van der Waals surface area contributed by atoms with Crippen LogP contribution in [0.25, 0.3) is 88.5 Å². The Labute approximate surface area is 307 Å². The van der Waals surface area contributed by atoms with Crippen LogP contribution in [-0.2, 0) is 0 Å². The van der Waals surface area contributed by atoms with Crippen molar-refractivity contribution >= 4 is 54.8 Å². The molecule has 0 N–H and O–H groups in total. The third-order valence-electron chi connectivity index (χ3n) is 10.2. The van der Waals surface area contributed by atoms with E-state index < -0.39 is 0 Å². The van der Waals surface area contributed by atoms with Crippen molar-refractivity contribution in [2.75, 3.05) is 0 Å². The number of hydrogen-bond acceptors (Lipinski definition) is 4. The summed E-state index contributed by atoms with van der Waals surface area (Å²) in [6.07, 6.45) is 12.6. The standard InChI is InChI=1S/C49H33N3O/c1-3-14-32(15-4-1)33-16-7-8-17-34(26-25-33)44-31-45(52-49(51-44)35-18-5-2-6-19-35)43-30-37(29-42-39-22-11-12-24-46(39)53-48(42)43)41-28-36-20-13-27-50-47(36)40-23-10-9-21-38(40)41/h1-7,9-16,18-31H,8,17H2/b16-7-,33-25+,34-26+. The molecule has 6 aromatic carbocycles. The van der Waals surface area contributed by atoms with E-state index >= 15 is 0 Å². The number of pyridine rings is 1. The summed E-state index contributed by atoms with van der Waals surface area (Å²) >= 11 is 0. The summed E-state index contributed by atoms with van der Waals surface area (Å²) in [6, 6.07) is 50.7. The second kappa shape index (κ2) is 13.0. The third-order valence-corrected chi connectivity index (χ3v) is 10.2. The molecule has 0 fully saturated rings. The van der Waals surface area contributed by atoms with Crippen molar-refractivity contribution in [2.45, 2.75) is 12.8 Å². The van der Waals surface area contributed by atoms with Gasteiger partial charge in [0.25, 0.3) is 0 Å². The van der Waals surface area contributed by atoms with Crippen molar-refractivity contribution in [3.8, 4) is 33.8 Å². The zero-order chi connectivity index (χ0) is 35.1. The lowest BCUT2D eigenvalue weighted by molar-refractivity contribution is 0.670. The van der Waals surface area contributed by atoms with Crippen LogP contribution in [0, 0.1) is 0 Å². The van der Waals surface area contributed by atoms with E-state index in [9.17, 15) is 0 Å². The number of benzene rings is 6. The molecule has 250 valence electrons. The van der Waals surface area contributed by atoms with E-state index in [1.807, 2.05) is 42.6 Å². The Kier molecular flexibility index (Phi) is 7.58. The van der Waals surface area contributed by atoms with Crippen LogP contribution in [0.2, 0.25) is 0 Å². The minimum absolute atomic E-state index is 0.681. The summed E-state index contributed by atoms with van der Waals surface area (Å²) < 4.78 is 6.71. The molecule has 4 heteroatoms. The summed E-state index contributed by atoms with van der Waals surface area (Å²) in [5.41, 5.74) is 12.0. The number of allylic oxidation sites excluding steroid dienone is 6. The Morgan fingerprint density at radius 2 is 1.26 bits per heavy atom. The summed E-state index contributed by atoms with van der Waals surface area (Å²) in [7, 11) is 0. The first-order valence-corrected chi connectivity index (χ1v) is 18.1. The van der Waals surface area contributed by atoms with Crippen molar-refractivity contribution in [1.82, 2.24) is 15.0 Å². The summed E-state index contributed by atoms with van der Waals surface area (Å²) in [6.45, 7) is 0. The lowest BCUT2D eigenvalue weighted by Gasteiger charge is -2.15. The molecule has 0 radical (unpaired) electrons. The first-order chi connectivity index (χ1) is 26.3. The van der Waals surface area contributed by atoms with E-state index in [2.05, 4.69) is 133 Å². The molecular formula is C49H33N3O. The molecule has 0 atom stereocenters. The largest absolute Gasteiger partial charge is 0.455 e. The van der Waals surface area contributed by atoms with Gasteiger partial charge in [-0.2, -0.15) is 0 Å². The average Bonchev–Trinajstić information content (AvgIpc) is 3.59. The second-order valence-electron chi connectivity index (χ2n) is 13.5. The number of para-hydroxylation sites is 1. The minimum atomic E-state index is 0.681. The van der Waals surface area contributed by atoms with Crippen LogP contribution >= 0.6 is 0 Å². The molecule has 0 aliphatic heterocycles. The zero-order valence-corrected chi connectivity index (χ0v) is 28.9.